The minimum absolute atomic E-state index is 0.0774. The predicted molar refractivity (Wildman–Crippen MR) is 64.0 cm³/mol. The number of likely N-dealkylation sites (tertiary alicyclic amines) is 1. The number of fused-ring (bicyclic) bond motifs is 1. The van der Waals surface area contributed by atoms with E-state index in [1.54, 1.807) is 6.07 Å². The van der Waals surface area contributed by atoms with Gasteiger partial charge in [0.2, 0.25) is 6.79 Å². The first-order valence-corrected chi connectivity index (χ1v) is 6.19. The van der Waals surface area contributed by atoms with Crippen LogP contribution in [0.25, 0.3) is 0 Å². The Morgan fingerprint density at radius 3 is 2.90 bits per heavy atom. The third-order valence-electron chi connectivity index (χ3n) is 3.47. The number of alkyl halides is 2. The van der Waals surface area contributed by atoms with Gasteiger partial charge in [-0.25, -0.2) is 8.78 Å². The number of amides is 1. The van der Waals surface area contributed by atoms with E-state index in [9.17, 15) is 13.6 Å². The van der Waals surface area contributed by atoms with Gasteiger partial charge in [-0.2, -0.15) is 0 Å². The summed E-state index contributed by atoms with van der Waals surface area (Å²) in [7, 11) is 0. The molecule has 0 radical (unpaired) electrons. The number of rotatable bonds is 2. The number of aliphatic hydroxyl groups is 1. The number of hydrogen-bond donors (Lipinski definition) is 1. The van der Waals surface area contributed by atoms with Gasteiger partial charge in [0.1, 0.15) is 0 Å². The summed E-state index contributed by atoms with van der Waals surface area (Å²) in [5, 5.41) is 9.15. The molecule has 1 unspecified atom stereocenters. The summed E-state index contributed by atoms with van der Waals surface area (Å²) < 4.78 is 37.0. The summed E-state index contributed by atoms with van der Waals surface area (Å²) in [5.41, 5.74) is 0.241. The molecule has 7 heteroatoms. The van der Waals surface area contributed by atoms with Crippen molar-refractivity contribution in [2.75, 3.05) is 19.9 Å². The molecule has 1 fully saturated rings. The van der Waals surface area contributed by atoms with Crippen molar-refractivity contribution in [1.82, 2.24) is 4.90 Å². The second-order valence-corrected chi connectivity index (χ2v) is 4.90. The molecule has 20 heavy (non-hydrogen) atoms. The molecule has 3 rings (SSSR count). The maximum absolute atomic E-state index is 13.4. The molecule has 0 saturated carbocycles. The molecule has 1 aromatic rings. The summed E-state index contributed by atoms with van der Waals surface area (Å²) in [6, 6.07) is 3.68. The van der Waals surface area contributed by atoms with E-state index in [0.717, 1.165) is 4.90 Å². The Labute approximate surface area is 113 Å². The van der Waals surface area contributed by atoms with Crippen molar-refractivity contribution in [3.8, 4) is 11.5 Å². The fourth-order valence-electron chi connectivity index (χ4n) is 2.49. The van der Waals surface area contributed by atoms with Crippen molar-refractivity contribution in [2.45, 2.75) is 18.4 Å². The number of carbonyl (C=O) groups excluding carboxylic acids is 1. The quantitative estimate of drug-likeness (QED) is 0.888. The number of hydrogen-bond acceptors (Lipinski definition) is 4. The lowest BCUT2D eigenvalue weighted by Crippen LogP contribution is -2.38. The lowest BCUT2D eigenvalue weighted by Gasteiger charge is -2.22. The number of benzene rings is 1. The minimum Gasteiger partial charge on any atom is -0.454 e. The Hall–Kier alpha value is -1.89. The zero-order chi connectivity index (χ0) is 14.3. The zero-order valence-electron chi connectivity index (χ0n) is 10.5. The van der Waals surface area contributed by atoms with Crippen LogP contribution in [0, 0.1) is 0 Å². The highest BCUT2D eigenvalue weighted by atomic mass is 19.3. The Bertz CT molecular complexity index is 549. The third-order valence-corrected chi connectivity index (χ3v) is 3.47. The van der Waals surface area contributed by atoms with Gasteiger partial charge in [0.15, 0.2) is 11.5 Å². The molecule has 2 aliphatic rings. The third kappa shape index (κ3) is 2.18. The second kappa shape index (κ2) is 4.59. The molecule has 1 atom stereocenters. The predicted octanol–water partition coefficient (Wildman–Crippen LogP) is 1.26. The van der Waals surface area contributed by atoms with E-state index in [0.29, 0.717) is 11.5 Å². The van der Waals surface area contributed by atoms with Crippen molar-refractivity contribution in [1.29, 1.82) is 0 Å². The Morgan fingerprint density at radius 1 is 1.40 bits per heavy atom. The molecule has 0 aromatic heterocycles. The van der Waals surface area contributed by atoms with Crippen LogP contribution in [0.4, 0.5) is 8.78 Å². The van der Waals surface area contributed by atoms with Crippen LogP contribution in [-0.2, 0) is 0 Å². The SMILES string of the molecule is O=C(c1ccc2c(c1)OCO2)N1CC(F)(F)CC1CO. The first-order chi connectivity index (χ1) is 9.50. The zero-order valence-corrected chi connectivity index (χ0v) is 10.5. The number of carbonyl (C=O) groups is 1. The van der Waals surface area contributed by atoms with Gasteiger partial charge in [-0.15, -0.1) is 0 Å². The summed E-state index contributed by atoms with van der Waals surface area (Å²) >= 11 is 0. The van der Waals surface area contributed by atoms with Gasteiger partial charge in [-0.05, 0) is 18.2 Å². The smallest absolute Gasteiger partial charge is 0.267 e. The van der Waals surface area contributed by atoms with E-state index in [1.807, 2.05) is 0 Å². The number of aliphatic hydroxyl groups excluding tert-OH is 1. The Morgan fingerprint density at radius 2 is 2.15 bits per heavy atom. The molecule has 108 valence electrons. The van der Waals surface area contributed by atoms with Gasteiger partial charge in [-0.3, -0.25) is 4.79 Å². The topological polar surface area (TPSA) is 59.0 Å². The molecular weight excluding hydrogens is 272 g/mol. The number of ether oxygens (including phenoxy) is 2. The maximum Gasteiger partial charge on any atom is 0.267 e. The molecule has 0 bridgehead atoms. The van der Waals surface area contributed by atoms with Gasteiger partial charge >= 0.3 is 0 Å². The lowest BCUT2D eigenvalue weighted by atomic mass is 10.1. The van der Waals surface area contributed by atoms with Crippen molar-refractivity contribution < 1.29 is 28.2 Å². The van der Waals surface area contributed by atoms with Crippen molar-refractivity contribution >= 4 is 5.91 Å². The summed E-state index contributed by atoms with van der Waals surface area (Å²) in [6.45, 7) is -1.08. The van der Waals surface area contributed by atoms with Gasteiger partial charge in [-0.1, -0.05) is 0 Å². The van der Waals surface area contributed by atoms with E-state index in [2.05, 4.69) is 0 Å². The van der Waals surface area contributed by atoms with Crippen LogP contribution in [0.15, 0.2) is 18.2 Å². The molecular formula is C13H13F2NO4. The molecule has 1 saturated heterocycles. The number of nitrogens with zero attached hydrogens (tertiary/aromatic N) is 1. The molecule has 1 aromatic carbocycles. The summed E-state index contributed by atoms with van der Waals surface area (Å²) in [4.78, 5) is 13.3. The second-order valence-electron chi connectivity index (χ2n) is 4.90. The van der Waals surface area contributed by atoms with Crippen LogP contribution >= 0.6 is 0 Å². The lowest BCUT2D eigenvalue weighted by molar-refractivity contribution is 0.0116. The normalized spacial score (nSPS) is 23.1. The molecule has 1 amide bonds. The van der Waals surface area contributed by atoms with Crippen LogP contribution in [0.3, 0.4) is 0 Å². The van der Waals surface area contributed by atoms with Crippen LogP contribution in [-0.4, -0.2) is 47.8 Å². The van der Waals surface area contributed by atoms with E-state index in [4.69, 9.17) is 14.6 Å². The molecule has 2 aliphatic heterocycles. The van der Waals surface area contributed by atoms with Gasteiger partial charge < -0.3 is 19.5 Å². The average Bonchev–Trinajstić information content (AvgIpc) is 3.00. The average molecular weight is 285 g/mol. The fourth-order valence-corrected chi connectivity index (χ4v) is 2.49. The first-order valence-electron chi connectivity index (χ1n) is 6.19. The fraction of sp³-hybridized carbons (Fsp3) is 0.462. The minimum atomic E-state index is -2.96. The van der Waals surface area contributed by atoms with Crippen molar-refractivity contribution in [2.24, 2.45) is 0 Å². The van der Waals surface area contributed by atoms with E-state index in [-0.39, 0.29) is 12.4 Å². The van der Waals surface area contributed by atoms with Gasteiger partial charge in [0.25, 0.3) is 11.8 Å². The van der Waals surface area contributed by atoms with Crippen molar-refractivity contribution in [3.63, 3.8) is 0 Å². The highest BCUT2D eigenvalue weighted by Crippen LogP contribution is 2.35. The van der Waals surface area contributed by atoms with Crippen LogP contribution in [0.1, 0.15) is 16.8 Å². The highest BCUT2D eigenvalue weighted by Gasteiger charge is 2.46. The molecule has 1 N–H and O–H groups in total. The molecule has 5 nitrogen and oxygen atoms in total. The Balaban J connectivity index is 1.85. The van der Waals surface area contributed by atoms with Crippen molar-refractivity contribution in [3.05, 3.63) is 23.8 Å². The molecule has 0 aliphatic carbocycles. The van der Waals surface area contributed by atoms with Gasteiger partial charge in [0, 0.05) is 12.0 Å². The highest BCUT2D eigenvalue weighted by molar-refractivity contribution is 5.95. The van der Waals surface area contributed by atoms with E-state index < -0.39 is 37.4 Å². The molecule has 2 heterocycles. The Kier molecular flexibility index (Phi) is 3.01. The van der Waals surface area contributed by atoms with Gasteiger partial charge in [0.05, 0.1) is 19.2 Å². The maximum atomic E-state index is 13.4. The summed E-state index contributed by atoms with van der Waals surface area (Å²) in [5.74, 6) is -2.56. The largest absolute Gasteiger partial charge is 0.454 e. The van der Waals surface area contributed by atoms with E-state index >= 15 is 0 Å². The van der Waals surface area contributed by atoms with Crippen LogP contribution in [0.5, 0.6) is 11.5 Å². The first kappa shape index (κ1) is 13.1. The van der Waals surface area contributed by atoms with Crippen LogP contribution in [0.2, 0.25) is 0 Å². The van der Waals surface area contributed by atoms with E-state index in [1.165, 1.54) is 12.1 Å². The summed E-state index contributed by atoms with van der Waals surface area (Å²) in [6.07, 6.45) is -0.514. The number of halogens is 2. The molecule has 0 spiro atoms. The van der Waals surface area contributed by atoms with Crippen LogP contribution < -0.4 is 9.47 Å². The monoisotopic (exact) mass is 285 g/mol. The standard InChI is InChI=1S/C13H13F2NO4/c14-13(15)4-9(5-17)16(6-13)12(18)8-1-2-10-11(3-8)20-7-19-10/h1-3,9,17H,4-7H2.